The highest BCUT2D eigenvalue weighted by Gasteiger charge is 2.41. The zero-order chi connectivity index (χ0) is 11.4. The van der Waals surface area contributed by atoms with E-state index in [0.717, 1.165) is 0 Å². The van der Waals surface area contributed by atoms with E-state index in [4.69, 9.17) is 15.8 Å². The van der Waals surface area contributed by atoms with Gasteiger partial charge < -0.3 is 4.57 Å². The smallest absolute Gasteiger partial charge is 0.136 e. The van der Waals surface area contributed by atoms with Crippen LogP contribution >= 0.6 is 7.14 Å². The van der Waals surface area contributed by atoms with Gasteiger partial charge in [0, 0.05) is 0 Å². The van der Waals surface area contributed by atoms with Gasteiger partial charge in [0.1, 0.15) is 7.14 Å². The van der Waals surface area contributed by atoms with Crippen LogP contribution in [0.4, 0.5) is 0 Å². The Labute approximate surface area is 84.1 Å². The molecule has 0 saturated carbocycles. The third-order valence-electron chi connectivity index (χ3n) is 2.38. The molecule has 0 spiro atoms. The Morgan fingerprint density at radius 1 is 0.857 bits per heavy atom. The second kappa shape index (κ2) is 4.80. The van der Waals surface area contributed by atoms with Crippen LogP contribution in [0.5, 0.6) is 0 Å². The van der Waals surface area contributed by atoms with Gasteiger partial charge in [-0.1, -0.05) is 0 Å². The molecule has 0 aliphatic rings. The van der Waals surface area contributed by atoms with Gasteiger partial charge >= 0.3 is 0 Å². The van der Waals surface area contributed by atoms with E-state index in [9.17, 15) is 4.57 Å². The molecule has 0 saturated heterocycles. The van der Waals surface area contributed by atoms with Gasteiger partial charge in [-0.2, -0.15) is 15.8 Å². The van der Waals surface area contributed by atoms with Crippen molar-refractivity contribution in [3.63, 3.8) is 0 Å². The summed E-state index contributed by atoms with van der Waals surface area (Å²) in [7, 11) is -3.08. The Kier molecular flexibility index (Phi) is 4.36. The molecule has 0 N–H and O–H groups in total. The van der Waals surface area contributed by atoms with Gasteiger partial charge in [-0.15, -0.1) is 0 Å². The van der Waals surface area contributed by atoms with Crippen LogP contribution in [0.25, 0.3) is 0 Å². The predicted octanol–water partition coefficient (Wildman–Crippen LogP) is 2.09. The van der Waals surface area contributed by atoms with E-state index in [2.05, 4.69) is 0 Å². The summed E-state index contributed by atoms with van der Waals surface area (Å²) in [5.41, 5.74) is -2.23. The molecular formula is C9H12N3OP. The average molecular weight is 209 g/mol. The number of nitriles is 3. The van der Waals surface area contributed by atoms with Crippen molar-refractivity contribution in [2.45, 2.75) is 37.7 Å². The lowest BCUT2D eigenvalue weighted by Crippen LogP contribution is -2.19. The zero-order valence-electron chi connectivity index (χ0n) is 8.43. The predicted molar refractivity (Wildman–Crippen MR) is 52.8 cm³/mol. The molecular weight excluding hydrogens is 197 g/mol. The fraction of sp³-hybridized carbons (Fsp3) is 0.667. The van der Waals surface area contributed by atoms with Crippen molar-refractivity contribution in [2.24, 2.45) is 0 Å². The summed E-state index contributed by atoms with van der Waals surface area (Å²) in [4.78, 5) is 0. The van der Waals surface area contributed by atoms with Crippen molar-refractivity contribution >= 4 is 7.14 Å². The highest BCUT2D eigenvalue weighted by molar-refractivity contribution is 7.66. The summed E-state index contributed by atoms with van der Waals surface area (Å²) in [6.07, 6.45) is 0. The molecule has 0 fully saturated rings. The van der Waals surface area contributed by atoms with Gasteiger partial charge in [0.05, 0.1) is 35.2 Å². The summed E-state index contributed by atoms with van der Waals surface area (Å²) in [6.45, 7) is 4.51. The van der Waals surface area contributed by atoms with E-state index >= 15 is 0 Å². The monoisotopic (exact) mass is 209 g/mol. The minimum absolute atomic E-state index is 0.744. The van der Waals surface area contributed by atoms with E-state index in [1.807, 2.05) is 18.2 Å². The molecule has 3 unspecified atom stereocenters. The SMILES string of the molecule is CC(C#N)P(=O)(C(C)C#N)C(C)C#N. The highest BCUT2D eigenvalue weighted by atomic mass is 31.2. The minimum atomic E-state index is -3.08. The molecule has 5 heteroatoms. The van der Waals surface area contributed by atoms with E-state index in [0.29, 0.717) is 0 Å². The Morgan fingerprint density at radius 2 is 1.07 bits per heavy atom. The van der Waals surface area contributed by atoms with Crippen LogP contribution in [0.2, 0.25) is 0 Å². The molecule has 0 radical (unpaired) electrons. The first-order valence-corrected chi connectivity index (χ1v) is 6.14. The molecule has 14 heavy (non-hydrogen) atoms. The minimum Gasteiger partial charge on any atom is -0.320 e. The van der Waals surface area contributed by atoms with E-state index in [-0.39, 0.29) is 0 Å². The maximum atomic E-state index is 12.3. The van der Waals surface area contributed by atoms with Gasteiger partial charge in [-0.05, 0) is 20.8 Å². The normalized spacial score (nSPS) is 20.3. The average Bonchev–Trinajstić information content (AvgIpc) is 2.24. The van der Waals surface area contributed by atoms with Gasteiger partial charge in [-0.3, -0.25) is 0 Å². The van der Waals surface area contributed by atoms with Crippen LogP contribution in [0.15, 0.2) is 0 Å². The van der Waals surface area contributed by atoms with Crippen molar-refractivity contribution in [3.05, 3.63) is 0 Å². The van der Waals surface area contributed by atoms with E-state index in [1.165, 1.54) is 20.8 Å². The standard InChI is InChI=1S/C9H12N3OP/c1-7(4-10)14(13,8(2)5-11)9(3)6-12/h7-9H,1-3H3. The fourth-order valence-corrected chi connectivity index (χ4v) is 3.83. The first kappa shape index (κ1) is 12.7. The number of rotatable bonds is 3. The lowest BCUT2D eigenvalue weighted by Gasteiger charge is -2.24. The topological polar surface area (TPSA) is 88.4 Å². The summed E-state index contributed by atoms with van der Waals surface area (Å²) in [5.74, 6) is 0. The molecule has 0 aromatic carbocycles. The number of hydrogen-bond donors (Lipinski definition) is 0. The van der Waals surface area contributed by atoms with Crippen molar-refractivity contribution in [3.8, 4) is 18.2 Å². The maximum Gasteiger partial charge on any atom is 0.136 e. The molecule has 3 atom stereocenters. The molecule has 0 heterocycles. The van der Waals surface area contributed by atoms with Crippen LogP contribution in [0.3, 0.4) is 0 Å². The second-order valence-corrected chi connectivity index (χ2v) is 7.03. The summed E-state index contributed by atoms with van der Waals surface area (Å²) < 4.78 is 12.3. The zero-order valence-corrected chi connectivity index (χ0v) is 9.32. The van der Waals surface area contributed by atoms with Crippen LogP contribution in [0.1, 0.15) is 20.8 Å². The molecule has 74 valence electrons. The van der Waals surface area contributed by atoms with Crippen molar-refractivity contribution < 1.29 is 4.57 Å². The Bertz CT molecular complexity index is 314. The third kappa shape index (κ3) is 1.95. The lowest BCUT2D eigenvalue weighted by atomic mass is 10.5. The first-order valence-electron chi connectivity index (χ1n) is 4.23. The van der Waals surface area contributed by atoms with Gasteiger partial charge in [0.2, 0.25) is 0 Å². The van der Waals surface area contributed by atoms with Gasteiger partial charge in [0.25, 0.3) is 0 Å². The second-order valence-electron chi connectivity index (χ2n) is 3.18. The molecule has 0 aromatic rings. The number of hydrogen-bond acceptors (Lipinski definition) is 4. The van der Waals surface area contributed by atoms with Crippen molar-refractivity contribution in [2.75, 3.05) is 0 Å². The van der Waals surface area contributed by atoms with Crippen molar-refractivity contribution in [1.82, 2.24) is 0 Å². The van der Waals surface area contributed by atoms with Crippen molar-refractivity contribution in [1.29, 1.82) is 15.8 Å². The fourth-order valence-electron chi connectivity index (χ4n) is 1.28. The Hall–Kier alpha value is -1.30. The van der Waals surface area contributed by atoms with Crippen LogP contribution in [-0.2, 0) is 4.57 Å². The van der Waals surface area contributed by atoms with Crippen LogP contribution in [0, 0.1) is 34.0 Å². The first-order chi connectivity index (χ1) is 6.44. The van der Waals surface area contributed by atoms with Crippen LogP contribution < -0.4 is 0 Å². The van der Waals surface area contributed by atoms with E-state index in [1.54, 1.807) is 0 Å². The van der Waals surface area contributed by atoms with Gasteiger partial charge in [0.15, 0.2) is 0 Å². The quantitative estimate of drug-likeness (QED) is 0.665. The molecule has 0 aromatic heterocycles. The molecule has 0 amide bonds. The van der Waals surface area contributed by atoms with Crippen LogP contribution in [-0.4, -0.2) is 17.0 Å². The highest BCUT2D eigenvalue weighted by Crippen LogP contribution is 2.58. The van der Waals surface area contributed by atoms with E-state index < -0.39 is 24.1 Å². The Balaban J connectivity index is 5.34. The number of nitrogens with zero attached hydrogens (tertiary/aromatic N) is 3. The lowest BCUT2D eigenvalue weighted by molar-refractivity contribution is 0.564. The molecule has 0 bridgehead atoms. The molecule has 0 rings (SSSR count). The molecule has 0 aliphatic carbocycles. The molecule has 0 aliphatic heterocycles. The summed E-state index contributed by atoms with van der Waals surface area (Å²) >= 11 is 0. The Morgan fingerprint density at radius 3 is 1.21 bits per heavy atom. The summed E-state index contributed by atoms with van der Waals surface area (Å²) in [5, 5.41) is 26.2. The van der Waals surface area contributed by atoms with Gasteiger partial charge in [-0.25, -0.2) is 0 Å². The summed E-state index contributed by atoms with van der Waals surface area (Å²) in [6, 6.07) is 5.61. The largest absolute Gasteiger partial charge is 0.320 e. The third-order valence-corrected chi connectivity index (χ3v) is 6.35. The molecule has 4 nitrogen and oxygen atoms in total. The maximum absolute atomic E-state index is 12.3.